The highest BCUT2D eigenvalue weighted by Crippen LogP contribution is 2.44. The molecule has 0 saturated carbocycles. The van der Waals surface area contributed by atoms with E-state index in [0.717, 1.165) is 19.4 Å². The van der Waals surface area contributed by atoms with Crippen molar-refractivity contribution in [2.75, 3.05) is 11.4 Å². The maximum Gasteiger partial charge on any atom is 0.131 e. The van der Waals surface area contributed by atoms with Gasteiger partial charge in [0, 0.05) is 17.8 Å². The zero-order valence-corrected chi connectivity index (χ0v) is 8.73. The Bertz CT molecular complexity index is 388. The predicted octanol–water partition coefficient (Wildman–Crippen LogP) is 2.87. The van der Waals surface area contributed by atoms with Crippen molar-refractivity contribution in [3.8, 4) is 0 Å². The normalized spacial score (nSPS) is 27.6. The van der Waals surface area contributed by atoms with Gasteiger partial charge in [-0.15, -0.1) is 6.58 Å². The van der Waals surface area contributed by atoms with Crippen LogP contribution in [-0.4, -0.2) is 12.8 Å². The van der Waals surface area contributed by atoms with E-state index in [0.29, 0.717) is 6.10 Å². The van der Waals surface area contributed by atoms with Crippen molar-refractivity contribution in [1.82, 2.24) is 0 Å². The Hall–Kier alpha value is -1.28. The maximum atomic E-state index is 5.97. The SMILES string of the molecule is C=CCN1c2ccccc2C2CCC1O2. The van der Waals surface area contributed by atoms with Crippen LogP contribution in [0.4, 0.5) is 5.69 Å². The largest absolute Gasteiger partial charge is 0.350 e. The second kappa shape index (κ2) is 3.38. The summed E-state index contributed by atoms with van der Waals surface area (Å²) in [4.78, 5) is 2.31. The summed E-state index contributed by atoms with van der Waals surface area (Å²) >= 11 is 0. The average molecular weight is 201 g/mol. The molecule has 0 aliphatic carbocycles. The van der Waals surface area contributed by atoms with Gasteiger partial charge in [0.05, 0.1) is 6.10 Å². The third-order valence-electron chi connectivity index (χ3n) is 3.26. The summed E-state index contributed by atoms with van der Waals surface area (Å²) in [6, 6.07) is 8.55. The van der Waals surface area contributed by atoms with Gasteiger partial charge >= 0.3 is 0 Å². The molecule has 0 N–H and O–H groups in total. The molecule has 0 radical (unpaired) electrons. The first-order valence-electron chi connectivity index (χ1n) is 5.52. The van der Waals surface area contributed by atoms with Crippen molar-refractivity contribution in [2.24, 2.45) is 0 Å². The molecule has 0 amide bonds. The first kappa shape index (κ1) is 8.98. The molecule has 2 unspecified atom stereocenters. The molecule has 78 valence electrons. The van der Waals surface area contributed by atoms with Crippen LogP contribution in [0.25, 0.3) is 0 Å². The molecule has 2 heteroatoms. The van der Waals surface area contributed by atoms with E-state index in [9.17, 15) is 0 Å². The third-order valence-corrected chi connectivity index (χ3v) is 3.26. The fraction of sp³-hybridized carbons (Fsp3) is 0.385. The van der Waals surface area contributed by atoms with Crippen LogP contribution in [0.2, 0.25) is 0 Å². The molecule has 2 aliphatic heterocycles. The molecule has 1 saturated heterocycles. The lowest BCUT2D eigenvalue weighted by atomic mass is 10.1. The Labute approximate surface area is 90.2 Å². The van der Waals surface area contributed by atoms with E-state index >= 15 is 0 Å². The van der Waals surface area contributed by atoms with Crippen molar-refractivity contribution in [3.63, 3.8) is 0 Å². The lowest BCUT2D eigenvalue weighted by Gasteiger charge is -2.36. The monoisotopic (exact) mass is 201 g/mol. The molecule has 2 atom stereocenters. The Morgan fingerprint density at radius 3 is 3.13 bits per heavy atom. The Balaban J connectivity index is 2.07. The molecule has 1 aromatic rings. The van der Waals surface area contributed by atoms with Gasteiger partial charge in [-0.1, -0.05) is 24.3 Å². The highest BCUT2D eigenvalue weighted by Gasteiger charge is 2.37. The number of fused-ring (bicyclic) bond motifs is 4. The van der Waals surface area contributed by atoms with Gasteiger partial charge < -0.3 is 9.64 Å². The summed E-state index contributed by atoms with van der Waals surface area (Å²) in [6.45, 7) is 4.68. The number of hydrogen-bond donors (Lipinski definition) is 0. The molecule has 0 aromatic heterocycles. The van der Waals surface area contributed by atoms with Crippen LogP contribution >= 0.6 is 0 Å². The molecule has 2 heterocycles. The first-order chi connectivity index (χ1) is 7.40. The highest BCUT2D eigenvalue weighted by atomic mass is 16.5. The number of nitrogens with zero attached hydrogens (tertiary/aromatic N) is 1. The summed E-state index contributed by atoms with van der Waals surface area (Å²) < 4.78 is 5.97. The molecular formula is C13H15NO. The smallest absolute Gasteiger partial charge is 0.131 e. The van der Waals surface area contributed by atoms with E-state index in [1.54, 1.807) is 0 Å². The van der Waals surface area contributed by atoms with Gasteiger partial charge in [0.25, 0.3) is 0 Å². The maximum absolute atomic E-state index is 5.97. The minimum atomic E-state index is 0.267. The van der Waals surface area contributed by atoms with Gasteiger partial charge in [-0.3, -0.25) is 0 Å². The first-order valence-corrected chi connectivity index (χ1v) is 5.52. The fourth-order valence-corrected chi connectivity index (χ4v) is 2.61. The van der Waals surface area contributed by atoms with Crippen LogP contribution in [-0.2, 0) is 4.74 Å². The van der Waals surface area contributed by atoms with E-state index in [-0.39, 0.29) is 6.23 Å². The molecule has 3 rings (SSSR count). The Kier molecular flexibility index (Phi) is 2.03. The van der Waals surface area contributed by atoms with Crippen LogP contribution in [0, 0.1) is 0 Å². The Morgan fingerprint density at radius 1 is 1.40 bits per heavy atom. The van der Waals surface area contributed by atoms with Crippen LogP contribution in [0.5, 0.6) is 0 Å². The van der Waals surface area contributed by atoms with Gasteiger partial charge in [-0.05, 0) is 18.9 Å². The highest BCUT2D eigenvalue weighted by molar-refractivity contribution is 5.57. The van der Waals surface area contributed by atoms with E-state index < -0.39 is 0 Å². The summed E-state index contributed by atoms with van der Waals surface area (Å²) in [5.74, 6) is 0. The number of para-hydroxylation sites is 1. The molecule has 2 bridgehead atoms. The average Bonchev–Trinajstić information content (AvgIpc) is 2.70. The molecule has 2 aliphatic rings. The standard InChI is InChI=1S/C13H15NO/c1-2-9-14-11-6-4-3-5-10(11)12-7-8-13(14)15-12/h2-6,12-13H,1,7-9H2. The van der Waals surface area contributed by atoms with Gasteiger partial charge in [0.15, 0.2) is 0 Å². The second-order valence-electron chi connectivity index (χ2n) is 4.16. The number of anilines is 1. The summed E-state index contributed by atoms with van der Waals surface area (Å²) in [6.07, 6.45) is 4.82. The zero-order chi connectivity index (χ0) is 10.3. The van der Waals surface area contributed by atoms with Crippen LogP contribution < -0.4 is 4.90 Å². The summed E-state index contributed by atoms with van der Waals surface area (Å²) in [7, 11) is 0. The van der Waals surface area contributed by atoms with Crippen LogP contribution in [0.15, 0.2) is 36.9 Å². The molecule has 0 spiro atoms. The number of hydrogen-bond acceptors (Lipinski definition) is 2. The topological polar surface area (TPSA) is 12.5 Å². The van der Waals surface area contributed by atoms with Crippen LogP contribution in [0.3, 0.4) is 0 Å². The molecule has 15 heavy (non-hydrogen) atoms. The van der Waals surface area contributed by atoms with Crippen molar-refractivity contribution in [3.05, 3.63) is 42.5 Å². The summed E-state index contributed by atoms with van der Waals surface area (Å²) in [5.41, 5.74) is 2.67. The van der Waals surface area contributed by atoms with Crippen molar-refractivity contribution in [2.45, 2.75) is 25.2 Å². The van der Waals surface area contributed by atoms with Crippen LogP contribution in [0.1, 0.15) is 24.5 Å². The van der Waals surface area contributed by atoms with E-state index in [2.05, 4.69) is 35.7 Å². The minimum Gasteiger partial charge on any atom is -0.350 e. The lowest BCUT2D eigenvalue weighted by Crippen LogP contribution is -2.38. The second-order valence-corrected chi connectivity index (χ2v) is 4.16. The fourth-order valence-electron chi connectivity index (χ4n) is 2.61. The molecule has 1 aromatic carbocycles. The van der Waals surface area contributed by atoms with Gasteiger partial charge in [-0.25, -0.2) is 0 Å². The van der Waals surface area contributed by atoms with Gasteiger partial charge in [0.1, 0.15) is 6.23 Å². The molecular weight excluding hydrogens is 186 g/mol. The molecule has 1 fully saturated rings. The van der Waals surface area contributed by atoms with Gasteiger partial charge in [-0.2, -0.15) is 0 Å². The quantitative estimate of drug-likeness (QED) is 0.682. The molecule has 2 nitrogen and oxygen atoms in total. The van der Waals surface area contributed by atoms with Crippen molar-refractivity contribution < 1.29 is 4.74 Å². The third kappa shape index (κ3) is 1.29. The summed E-state index contributed by atoms with van der Waals surface area (Å²) in [5, 5.41) is 0. The lowest BCUT2D eigenvalue weighted by molar-refractivity contribution is 0.0336. The minimum absolute atomic E-state index is 0.267. The van der Waals surface area contributed by atoms with E-state index in [1.807, 2.05) is 6.08 Å². The van der Waals surface area contributed by atoms with Crippen molar-refractivity contribution in [1.29, 1.82) is 0 Å². The van der Waals surface area contributed by atoms with E-state index in [1.165, 1.54) is 11.3 Å². The van der Waals surface area contributed by atoms with Gasteiger partial charge in [0.2, 0.25) is 0 Å². The van der Waals surface area contributed by atoms with Crippen molar-refractivity contribution >= 4 is 5.69 Å². The Morgan fingerprint density at radius 2 is 2.27 bits per heavy atom. The van der Waals surface area contributed by atoms with E-state index in [4.69, 9.17) is 4.74 Å². The predicted molar refractivity (Wildman–Crippen MR) is 60.8 cm³/mol. The number of benzene rings is 1. The number of rotatable bonds is 2. The zero-order valence-electron chi connectivity index (χ0n) is 8.73. The number of ether oxygens (including phenoxy) is 1.